The van der Waals surface area contributed by atoms with E-state index in [1.54, 1.807) is 13.0 Å². The Morgan fingerprint density at radius 1 is 1.22 bits per heavy atom. The first-order chi connectivity index (χ1) is 13.2. The van der Waals surface area contributed by atoms with Crippen molar-refractivity contribution in [3.63, 3.8) is 0 Å². The molecule has 146 valence electrons. The molecular weight excluding hydrogens is 348 g/mol. The number of piperidine rings is 1. The van der Waals surface area contributed by atoms with Crippen LogP contribution in [0.3, 0.4) is 0 Å². The van der Waals surface area contributed by atoms with E-state index in [0.29, 0.717) is 23.3 Å². The van der Waals surface area contributed by atoms with Gasteiger partial charge in [0.25, 0.3) is 5.91 Å². The molecule has 0 N–H and O–H groups in total. The highest BCUT2D eigenvalue weighted by atomic mass is 16.5. The van der Waals surface area contributed by atoms with Crippen LogP contribution in [0.25, 0.3) is 0 Å². The van der Waals surface area contributed by atoms with Gasteiger partial charge in [0.2, 0.25) is 5.89 Å². The number of aryl methyl sites for hydroxylation is 2. The Hall–Kier alpha value is -2.22. The molecule has 27 heavy (non-hydrogen) atoms. The number of carbonyl (C=O) groups is 1. The summed E-state index contributed by atoms with van der Waals surface area (Å²) in [6, 6.07) is 1.70. The van der Waals surface area contributed by atoms with Gasteiger partial charge in [-0.3, -0.25) is 4.79 Å². The van der Waals surface area contributed by atoms with E-state index >= 15 is 0 Å². The average Bonchev–Trinajstić information content (AvgIpc) is 3.36. The molecule has 0 saturated carbocycles. The van der Waals surface area contributed by atoms with E-state index in [4.69, 9.17) is 13.8 Å². The number of aromatic nitrogens is 3. The maximum Gasteiger partial charge on any atom is 0.276 e. The first-order valence-electron chi connectivity index (χ1n) is 9.82. The van der Waals surface area contributed by atoms with E-state index in [2.05, 4.69) is 15.3 Å². The molecule has 2 fully saturated rings. The smallest absolute Gasteiger partial charge is 0.276 e. The molecule has 2 aliphatic heterocycles. The molecule has 1 unspecified atom stereocenters. The zero-order chi connectivity index (χ0) is 18.6. The average molecular weight is 374 g/mol. The number of rotatable bonds is 5. The Bertz CT molecular complexity index is 765. The normalized spacial score (nSPS) is 21.5. The summed E-state index contributed by atoms with van der Waals surface area (Å²) >= 11 is 0. The zero-order valence-electron chi connectivity index (χ0n) is 15.7. The van der Waals surface area contributed by atoms with Gasteiger partial charge in [0.05, 0.1) is 0 Å². The molecule has 2 saturated heterocycles. The van der Waals surface area contributed by atoms with Gasteiger partial charge in [-0.15, -0.1) is 0 Å². The quantitative estimate of drug-likeness (QED) is 0.794. The largest absolute Gasteiger partial charge is 0.381 e. The molecule has 4 heterocycles. The second-order valence-corrected chi connectivity index (χ2v) is 7.56. The fourth-order valence-corrected chi connectivity index (χ4v) is 3.93. The van der Waals surface area contributed by atoms with Crippen molar-refractivity contribution in [2.75, 3.05) is 26.3 Å². The van der Waals surface area contributed by atoms with Gasteiger partial charge in [0, 0.05) is 44.7 Å². The van der Waals surface area contributed by atoms with Crippen molar-refractivity contribution in [1.82, 2.24) is 20.2 Å². The molecule has 0 aliphatic carbocycles. The van der Waals surface area contributed by atoms with E-state index in [0.717, 1.165) is 76.5 Å². The Balaban J connectivity index is 1.29. The van der Waals surface area contributed by atoms with Crippen LogP contribution >= 0.6 is 0 Å². The molecule has 4 rings (SSSR count). The molecule has 1 atom stereocenters. The number of hydrogen-bond donors (Lipinski definition) is 0. The summed E-state index contributed by atoms with van der Waals surface area (Å²) in [6.07, 6.45) is 5.75. The number of carbonyl (C=O) groups excluding carboxylic acids is 1. The molecule has 8 nitrogen and oxygen atoms in total. The lowest BCUT2D eigenvalue weighted by atomic mass is 9.93. The van der Waals surface area contributed by atoms with E-state index in [-0.39, 0.29) is 5.91 Å². The fourth-order valence-electron chi connectivity index (χ4n) is 3.93. The molecule has 8 heteroatoms. The Kier molecular flexibility index (Phi) is 5.52. The predicted octanol–water partition coefficient (Wildman–Crippen LogP) is 2.75. The fraction of sp³-hybridized carbons (Fsp3) is 0.684. The Morgan fingerprint density at radius 3 is 2.85 bits per heavy atom. The molecule has 0 aromatic carbocycles. The maximum atomic E-state index is 12.6. The lowest BCUT2D eigenvalue weighted by Crippen LogP contribution is -2.40. The first kappa shape index (κ1) is 18.2. The number of nitrogens with zero attached hydrogens (tertiary/aromatic N) is 4. The molecule has 2 aromatic rings. The molecule has 2 aliphatic rings. The van der Waals surface area contributed by atoms with E-state index < -0.39 is 0 Å². The van der Waals surface area contributed by atoms with Gasteiger partial charge in [-0.25, -0.2) is 0 Å². The minimum Gasteiger partial charge on any atom is -0.381 e. The number of likely N-dealkylation sites (tertiary alicyclic amines) is 1. The van der Waals surface area contributed by atoms with Gasteiger partial charge in [-0.1, -0.05) is 10.3 Å². The standard InChI is InChI=1S/C19H26N4O4/c1-13-11-16(21-26-13)19(24)23-8-2-3-14(12-23)4-5-17-20-18(27-22-17)15-6-9-25-10-7-15/h11,14-15H,2-10,12H2,1H3. The van der Waals surface area contributed by atoms with Gasteiger partial charge in [-0.05, 0) is 44.9 Å². The van der Waals surface area contributed by atoms with E-state index in [1.807, 2.05) is 4.90 Å². The lowest BCUT2D eigenvalue weighted by molar-refractivity contribution is 0.0657. The summed E-state index contributed by atoms with van der Waals surface area (Å²) in [5.41, 5.74) is 0.396. The molecule has 0 spiro atoms. The summed E-state index contributed by atoms with van der Waals surface area (Å²) in [6.45, 7) is 4.84. The monoisotopic (exact) mass is 374 g/mol. The summed E-state index contributed by atoms with van der Waals surface area (Å²) in [5, 5.41) is 8.00. The van der Waals surface area contributed by atoms with Crippen molar-refractivity contribution in [1.29, 1.82) is 0 Å². The van der Waals surface area contributed by atoms with Crippen molar-refractivity contribution in [2.45, 2.75) is 51.4 Å². The predicted molar refractivity (Wildman–Crippen MR) is 95.3 cm³/mol. The summed E-state index contributed by atoms with van der Waals surface area (Å²) in [7, 11) is 0. The molecule has 0 bridgehead atoms. The van der Waals surface area contributed by atoms with Crippen LogP contribution in [0.2, 0.25) is 0 Å². The van der Waals surface area contributed by atoms with Crippen LogP contribution in [-0.4, -0.2) is 52.4 Å². The molecule has 0 radical (unpaired) electrons. The summed E-state index contributed by atoms with van der Waals surface area (Å²) in [4.78, 5) is 19.0. The van der Waals surface area contributed by atoms with Crippen molar-refractivity contribution < 1.29 is 18.6 Å². The highest BCUT2D eigenvalue weighted by molar-refractivity contribution is 5.92. The number of amides is 1. The van der Waals surface area contributed by atoms with E-state index in [1.165, 1.54) is 0 Å². The van der Waals surface area contributed by atoms with Crippen molar-refractivity contribution in [2.24, 2.45) is 5.92 Å². The SMILES string of the molecule is Cc1cc(C(=O)N2CCCC(CCc3noc(C4CCOCC4)n3)C2)no1. The second kappa shape index (κ2) is 8.21. The molecule has 1 amide bonds. The third kappa shape index (κ3) is 4.37. The van der Waals surface area contributed by atoms with Crippen LogP contribution in [0.1, 0.15) is 66.0 Å². The van der Waals surface area contributed by atoms with Crippen LogP contribution in [-0.2, 0) is 11.2 Å². The molecular formula is C19H26N4O4. The summed E-state index contributed by atoms with van der Waals surface area (Å²) < 4.78 is 15.9. The van der Waals surface area contributed by atoms with Gasteiger partial charge in [-0.2, -0.15) is 4.98 Å². The lowest BCUT2D eigenvalue weighted by Gasteiger charge is -2.32. The highest BCUT2D eigenvalue weighted by Crippen LogP contribution is 2.26. The van der Waals surface area contributed by atoms with Crippen molar-refractivity contribution in [3.05, 3.63) is 29.2 Å². The summed E-state index contributed by atoms with van der Waals surface area (Å²) in [5.74, 6) is 2.90. The zero-order valence-corrected chi connectivity index (χ0v) is 15.7. The number of hydrogen-bond acceptors (Lipinski definition) is 7. The van der Waals surface area contributed by atoms with Gasteiger partial charge < -0.3 is 18.7 Å². The second-order valence-electron chi connectivity index (χ2n) is 7.56. The van der Waals surface area contributed by atoms with Crippen LogP contribution in [0.5, 0.6) is 0 Å². The van der Waals surface area contributed by atoms with Crippen LogP contribution in [0, 0.1) is 12.8 Å². The van der Waals surface area contributed by atoms with Gasteiger partial charge >= 0.3 is 0 Å². The third-order valence-electron chi connectivity index (χ3n) is 5.48. The third-order valence-corrected chi connectivity index (χ3v) is 5.48. The minimum absolute atomic E-state index is 0.0436. The Morgan fingerprint density at radius 2 is 2.07 bits per heavy atom. The first-order valence-corrected chi connectivity index (χ1v) is 9.82. The Labute approximate surface area is 158 Å². The van der Waals surface area contributed by atoms with Gasteiger partial charge in [0.15, 0.2) is 11.5 Å². The van der Waals surface area contributed by atoms with Crippen molar-refractivity contribution in [3.8, 4) is 0 Å². The molecule has 2 aromatic heterocycles. The van der Waals surface area contributed by atoms with E-state index in [9.17, 15) is 4.79 Å². The van der Waals surface area contributed by atoms with Gasteiger partial charge in [0.1, 0.15) is 5.76 Å². The highest BCUT2D eigenvalue weighted by Gasteiger charge is 2.27. The number of ether oxygens (including phenoxy) is 1. The topological polar surface area (TPSA) is 94.5 Å². The van der Waals surface area contributed by atoms with Crippen LogP contribution in [0.4, 0.5) is 0 Å². The minimum atomic E-state index is -0.0436. The van der Waals surface area contributed by atoms with Crippen LogP contribution in [0.15, 0.2) is 15.1 Å². The van der Waals surface area contributed by atoms with Crippen LogP contribution < -0.4 is 0 Å². The maximum absolute atomic E-state index is 12.6. The van der Waals surface area contributed by atoms with Crippen molar-refractivity contribution >= 4 is 5.91 Å².